The van der Waals surface area contributed by atoms with E-state index >= 15 is 0 Å². The largest absolute Gasteiger partial charge is 0.417 e. The van der Waals surface area contributed by atoms with Gasteiger partial charge in [-0.05, 0) is 24.1 Å². The van der Waals surface area contributed by atoms with Gasteiger partial charge in [-0.2, -0.15) is 13.2 Å². The third-order valence-corrected chi connectivity index (χ3v) is 4.43. The second kappa shape index (κ2) is 5.96. The van der Waals surface area contributed by atoms with Crippen LogP contribution >= 0.6 is 11.6 Å². The number of alkyl halides is 3. The van der Waals surface area contributed by atoms with Gasteiger partial charge in [-0.1, -0.05) is 36.7 Å². The molecule has 5 nitrogen and oxygen atoms in total. The van der Waals surface area contributed by atoms with E-state index in [0.717, 1.165) is 12.1 Å². The number of nitrogens with zero attached hydrogens (tertiary/aromatic N) is 3. The van der Waals surface area contributed by atoms with Crippen molar-refractivity contribution >= 4 is 22.5 Å². The predicted molar refractivity (Wildman–Crippen MR) is 86.0 cm³/mol. The maximum Gasteiger partial charge on any atom is 0.417 e. The first-order valence-electron chi connectivity index (χ1n) is 7.41. The topological polar surface area (TPSA) is 74.7 Å². The van der Waals surface area contributed by atoms with Gasteiger partial charge in [-0.3, -0.25) is 5.10 Å². The molecule has 1 atom stereocenters. The van der Waals surface area contributed by atoms with E-state index in [0.29, 0.717) is 0 Å². The average Bonchev–Trinajstić information content (AvgIpc) is 3.06. The number of aromatic nitrogens is 4. The minimum Gasteiger partial charge on any atom is -0.377 e. The van der Waals surface area contributed by atoms with Gasteiger partial charge in [-0.15, -0.1) is 5.10 Å². The molecule has 2 aromatic heterocycles. The highest BCUT2D eigenvalue weighted by Gasteiger charge is 2.39. The number of fused-ring (bicyclic) bond motifs is 1. The Kier molecular flexibility index (Phi) is 4.20. The van der Waals surface area contributed by atoms with E-state index in [9.17, 15) is 18.3 Å². The van der Waals surface area contributed by atoms with Crippen LogP contribution in [0.5, 0.6) is 0 Å². The molecule has 0 aliphatic rings. The first-order valence-corrected chi connectivity index (χ1v) is 7.79. The van der Waals surface area contributed by atoms with Crippen LogP contribution in [0, 0.1) is 5.92 Å². The SMILES string of the molecule is CC(C)C(O)(c1c[nH]nn1)c1ccc2cc(C(F)(F)F)c(Cl)cc2n1. The summed E-state index contributed by atoms with van der Waals surface area (Å²) < 4.78 is 38.9. The lowest BCUT2D eigenvalue weighted by molar-refractivity contribution is -0.137. The van der Waals surface area contributed by atoms with Crippen LogP contribution in [0.1, 0.15) is 30.8 Å². The molecule has 1 unspecified atom stereocenters. The fourth-order valence-corrected chi connectivity index (χ4v) is 2.95. The highest BCUT2D eigenvalue weighted by Crippen LogP contribution is 2.38. The molecule has 132 valence electrons. The number of nitrogens with one attached hydrogen (secondary N) is 1. The average molecular weight is 371 g/mol. The number of rotatable bonds is 3. The van der Waals surface area contributed by atoms with E-state index in [1.54, 1.807) is 13.8 Å². The number of halogens is 4. The van der Waals surface area contributed by atoms with Gasteiger partial charge in [0.25, 0.3) is 0 Å². The standard InChI is InChI=1S/C16H14ClF3N4O/c1-8(2)15(25,14-7-21-24-23-14)13-4-3-9-5-10(16(18,19)20)11(17)6-12(9)22-13/h3-8,25H,1-2H3,(H,21,23,24). The van der Waals surface area contributed by atoms with Crippen LogP contribution in [-0.4, -0.2) is 25.5 Å². The number of hydrogen-bond acceptors (Lipinski definition) is 4. The second-order valence-electron chi connectivity index (χ2n) is 6.00. The van der Waals surface area contributed by atoms with Crippen molar-refractivity contribution in [2.75, 3.05) is 0 Å². The predicted octanol–water partition coefficient (Wildman–Crippen LogP) is 3.92. The second-order valence-corrected chi connectivity index (χ2v) is 6.41. The maximum atomic E-state index is 13.0. The Hall–Kier alpha value is -2.19. The quantitative estimate of drug-likeness (QED) is 0.732. The molecule has 0 spiro atoms. The van der Waals surface area contributed by atoms with Gasteiger partial charge >= 0.3 is 6.18 Å². The van der Waals surface area contributed by atoms with E-state index in [1.165, 1.54) is 18.3 Å². The summed E-state index contributed by atoms with van der Waals surface area (Å²) >= 11 is 5.77. The monoisotopic (exact) mass is 370 g/mol. The van der Waals surface area contributed by atoms with Crippen molar-refractivity contribution in [1.29, 1.82) is 0 Å². The van der Waals surface area contributed by atoms with Gasteiger partial charge in [0.05, 0.1) is 21.8 Å². The lowest BCUT2D eigenvalue weighted by Gasteiger charge is -2.29. The number of benzene rings is 1. The van der Waals surface area contributed by atoms with Gasteiger partial charge in [0, 0.05) is 11.6 Å². The zero-order valence-corrected chi connectivity index (χ0v) is 14.0. The summed E-state index contributed by atoms with van der Waals surface area (Å²) in [6, 6.07) is 5.04. The molecule has 3 rings (SSSR count). The normalized spacial score (nSPS) is 14.9. The molecule has 9 heteroatoms. The Labute approximate surface area is 145 Å². The highest BCUT2D eigenvalue weighted by atomic mass is 35.5. The van der Waals surface area contributed by atoms with Crippen LogP contribution in [-0.2, 0) is 11.8 Å². The summed E-state index contributed by atoms with van der Waals surface area (Å²) in [5, 5.41) is 21.0. The molecule has 3 aromatic rings. The number of hydrogen-bond donors (Lipinski definition) is 2. The lowest BCUT2D eigenvalue weighted by Crippen LogP contribution is -2.35. The molecule has 0 aliphatic carbocycles. The van der Waals surface area contributed by atoms with Gasteiger partial charge in [-0.25, -0.2) is 4.98 Å². The molecule has 0 amide bonds. The van der Waals surface area contributed by atoms with Crippen LogP contribution in [0.3, 0.4) is 0 Å². The summed E-state index contributed by atoms with van der Waals surface area (Å²) in [6.07, 6.45) is -3.10. The molecular formula is C16H14ClF3N4O. The van der Waals surface area contributed by atoms with E-state index < -0.39 is 22.4 Å². The summed E-state index contributed by atoms with van der Waals surface area (Å²) in [4.78, 5) is 4.33. The summed E-state index contributed by atoms with van der Waals surface area (Å²) in [7, 11) is 0. The molecule has 0 aliphatic heterocycles. The summed E-state index contributed by atoms with van der Waals surface area (Å²) in [6.45, 7) is 3.56. The van der Waals surface area contributed by atoms with Gasteiger partial charge in [0.1, 0.15) is 5.69 Å². The van der Waals surface area contributed by atoms with Gasteiger partial charge in [0.2, 0.25) is 0 Å². The molecule has 2 N–H and O–H groups in total. The zero-order chi connectivity index (χ0) is 18.4. The maximum absolute atomic E-state index is 13.0. The zero-order valence-electron chi connectivity index (χ0n) is 13.3. The first-order chi connectivity index (χ1) is 11.6. The van der Waals surface area contributed by atoms with Crippen molar-refractivity contribution in [2.24, 2.45) is 5.92 Å². The minimum absolute atomic E-state index is 0.248. The molecule has 0 saturated carbocycles. The Balaban J connectivity index is 2.19. The van der Waals surface area contributed by atoms with Crippen molar-refractivity contribution in [3.63, 3.8) is 0 Å². The van der Waals surface area contributed by atoms with Crippen LogP contribution in [0.25, 0.3) is 10.9 Å². The van der Waals surface area contributed by atoms with Gasteiger partial charge < -0.3 is 5.11 Å². The molecular weight excluding hydrogens is 357 g/mol. The first kappa shape index (κ1) is 17.6. The molecule has 25 heavy (non-hydrogen) atoms. The molecule has 0 bridgehead atoms. The molecule has 1 aromatic carbocycles. The number of aliphatic hydroxyl groups is 1. The Morgan fingerprint density at radius 3 is 2.44 bits per heavy atom. The Morgan fingerprint density at radius 1 is 1.16 bits per heavy atom. The summed E-state index contributed by atoms with van der Waals surface area (Å²) in [5.41, 5.74) is -1.70. The van der Waals surface area contributed by atoms with Crippen LogP contribution in [0.2, 0.25) is 5.02 Å². The molecule has 0 fully saturated rings. The number of pyridine rings is 1. The van der Waals surface area contributed by atoms with Crippen molar-refractivity contribution in [1.82, 2.24) is 20.4 Å². The van der Waals surface area contributed by atoms with Crippen LogP contribution < -0.4 is 0 Å². The van der Waals surface area contributed by atoms with E-state index in [2.05, 4.69) is 20.4 Å². The smallest absolute Gasteiger partial charge is 0.377 e. The third kappa shape index (κ3) is 2.96. The third-order valence-electron chi connectivity index (χ3n) is 4.12. The fraction of sp³-hybridized carbons (Fsp3) is 0.312. The Morgan fingerprint density at radius 2 is 1.88 bits per heavy atom. The fourth-order valence-electron chi connectivity index (χ4n) is 2.69. The van der Waals surface area contributed by atoms with Gasteiger partial charge in [0.15, 0.2) is 5.60 Å². The molecule has 0 radical (unpaired) electrons. The van der Waals surface area contributed by atoms with Crippen LogP contribution in [0.15, 0.2) is 30.5 Å². The van der Waals surface area contributed by atoms with Crippen molar-refractivity contribution in [2.45, 2.75) is 25.6 Å². The van der Waals surface area contributed by atoms with E-state index in [-0.39, 0.29) is 28.2 Å². The van der Waals surface area contributed by atoms with Crippen molar-refractivity contribution < 1.29 is 18.3 Å². The lowest BCUT2D eigenvalue weighted by atomic mass is 9.84. The van der Waals surface area contributed by atoms with Crippen LogP contribution in [0.4, 0.5) is 13.2 Å². The number of aromatic amines is 1. The highest BCUT2D eigenvalue weighted by molar-refractivity contribution is 6.32. The van der Waals surface area contributed by atoms with E-state index in [4.69, 9.17) is 11.6 Å². The van der Waals surface area contributed by atoms with Crippen molar-refractivity contribution in [3.05, 3.63) is 52.4 Å². The van der Waals surface area contributed by atoms with Crippen molar-refractivity contribution in [3.8, 4) is 0 Å². The minimum atomic E-state index is -4.55. The summed E-state index contributed by atoms with van der Waals surface area (Å²) in [5.74, 6) is -0.313. The Bertz CT molecular complexity index is 912. The molecule has 2 heterocycles. The van der Waals surface area contributed by atoms with E-state index in [1.807, 2.05) is 0 Å². The molecule has 0 saturated heterocycles. The number of H-pyrrole nitrogens is 1.